The van der Waals surface area contributed by atoms with E-state index in [0.29, 0.717) is 11.5 Å². The van der Waals surface area contributed by atoms with Gasteiger partial charge in [-0.25, -0.2) is 9.38 Å². The minimum atomic E-state index is -0.456. The Balaban J connectivity index is 2.06. The van der Waals surface area contributed by atoms with E-state index in [9.17, 15) is 4.39 Å². The Morgan fingerprint density at radius 1 is 1.30 bits per heavy atom. The summed E-state index contributed by atoms with van der Waals surface area (Å²) in [4.78, 5) is 4.14. The quantitative estimate of drug-likeness (QED) is 0.667. The Kier molecular flexibility index (Phi) is 5.32. The van der Waals surface area contributed by atoms with Crippen LogP contribution >= 0.6 is 0 Å². The van der Waals surface area contributed by atoms with E-state index in [1.54, 1.807) is 12.1 Å². The van der Waals surface area contributed by atoms with Crippen LogP contribution in [0, 0.1) is 17.1 Å². The summed E-state index contributed by atoms with van der Waals surface area (Å²) in [6, 6.07) is 14.1. The highest BCUT2D eigenvalue weighted by Crippen LogP contribution is 2.18. The van der Waals surface area contributed by atoms with Crippen LogP contribution in [0.15, 0.2) is 47.5 Å². The van der Waals surface area contributed by atoms with Gasteiger partial charge in [0.05, 0.1) is 18.2 Å². The molecule has 0 aliphatic rings. The van der Waals surface area contributed by atoms with Crippen LogP contribution < -0.4 is 11.1 Å². The average Bonchev–Trinajstić information content (AvgIpc) is 2.53. The molecule has 2 aromatic rings. The second kappa shape index (κ2) is 7.41. The predicted molar refractivity (Wildman–Crippen MR) is 90.6 cm³/mol. The highest BCUT2D eigenvalue weighted by molar-refractivity contribution is 5.92. The molecule has 0 fully saturated rings. The third-order valence-electron chi connectivity index (χ3n) is 3.43. The second-order valence-corrected chi connectivity index (χ2v) is 5.52. The minimum absolute atomic E-state index is 0.111. The minimum Gasteiger partial charge on any atom is -0.370 e. The van der Waals surface area contributed by atoms with Gasteiger partial charge in [-0.15, -0.1) is 0 Å². The van der Waals surface area contributed by atoms with Gasteiger partial charge in [-0.2, -0.15) is 5.26 Å². The number of rotatable bonds is 4. The van der Waals surface area contributed by atoms with Gasteiger partial charge in [-0.3, -0.25) is 0 Å². The number of guanidine groups is 1. The molecular formula is C18H19FN4. The summed E-state index contributed by atoms with van der Waals surface area (Å²) in [7, 11) is 0. The number of benzene rings is 2. The maximum Gasteiger partial charge on any atom is 0.193 e. The van der Waals surface area contributed by atoms with E-state index in [2.05, 4.69) is 30.2 Å². The van der Waals surface area contributed by atoms with Crippen molar-refractivity contribution in [2.24, 2.45) is 10.7 Å². The number of nitrogens with one attached hydrogen (secondary N) is 1. The molecule has 3 N–H and O–H groups in total. The maximum absolute atomic E-state index is 13.8. The van der Waals surface area contributed by atoms with E-state index in [0.717, 1.165) is 5.69 Å². The molecule has 5 heteroatoms. The molecule has 0 aliphatic heterocycles. The highest BCUT2D eigenvalue weighted by atomic mass is 19.1. The molecular weight excluding hydrogens is 291 g/mol. The lowest BCUT2D eigenvalue weighted by molar-refractivity contribution is 0.610. The van der Waals surface area contributed by atoms with E-state index in [1.165, 1.54) is 11.6 Å². The first-order chi connectivity index (χ1) is 11.0. The first-order valence-electron chi connectivity index (χ1n) is 7.35. The summed E-state index contributed by atoms with van der Waals surface area (Å²) < 4.78 is 13.8. The van der Waals surface area contributed by atoms with Crippen LogP contribution in [0.1, 0.15) is 36.5 Å². The number of halogens is 1. The van der Waals surface area contributed by atoms with Crippen molar-refractivity contribution >= 4 is 11.6 Å². The first kappa shape index (κ1) is 16.5. The SMILES string of the molecule is CC(C)c1cccc(NC(N)=NCc2ccc(C#N)cc2F)c1. The number of hydrogen-bond acceptors (Lipinski definition) is 2. The third-order valence-corrected chi connectivity index (χ3v) is 3.43. The third kappa shape index (κ3) is 4.55. The molecule has 0 bridgehead atoms. The molecule has 0 saturated carbocycles. The Hall–Kier alpha value is -2.87. The first-order valence-corrected chi connectivity index (χ1v) is 7.35. The molecule has 0 aliphatic carbocycles. The fourth-order valence-electron chi connectivity index (χ4n) is 2.08. The number of hydrogen-bond donors (Lipinski definition) is 2. The lowest BCUT2D eigenvalue weighted by Gasteiger charge is -2.10. The molecule has 0 radical (unpaired) electrons. The van der Waals surface area contributed by atoms with Crippen LogP contribution in [0.2, 0.25) is 0 Å². The number of nitrogens with zero attached hydrogens (tertiary/aromatic N) is 2. The van der Waals surface area contributed by atoms with Gasteiger partial charge in [0.2, 0.25) is 0 Å². The maximum atomic E-state index is 13.8. The molecule has 118 valence electrons. The molecule has 0 unspecified atom stereocenters. The van der Waals surface area contributed by atoms with E-state index in [4.69, 9.17) is 11.0 Å². The fourth-order valence-corrected chi connectivity index (χ4v) is 2.08. The fraction of sp³-hybridized carbons (Fsp3) is 0.222. The predicted octanol–water partition coefficient (Wildman–Crippen LogP) is 3.75. The van der Waals surface area contributed by atoms with Crippen molar-refractivity contribution < 1.29 is 4.39 Å². The van der Waals surface area contributed by atoms with Crippen molar-refractivity contribution in [2.45, 2.75) is 26.3 Å². The van der Waals surface area contributed by atoms with Gasteiger partial charge in [-0.1, -0.05) is 32.0 Å². The zero-order valence-corrected chi connectivity index (χ0v) is 13.2. The lowest BCUT2D eigenvalue weighted by Crippen LogP contribution is -2.22. The molecule has 23 heavy (non-hydrogen) atoms. The van der Waals surface area contributed by atoms with Crippen LogP contribution in [0.25, 0.3) is 0 Å². The molecule has 0 heterocycles. The van der Waals surface area contributed by atoms with Gasteiger partial charge in [0.25, 0.3) is 0 Å². The van der Waals surface area contributed by atoms with Crippen molar-refractivity contribution in [3.05, 3.63) is 65.0 Å². The van der Waals surface area contributed by atoms with Crippen LogP contribution in [0.3, 0.4) is 0 Å². The van der Waals surface area contributed by atoms with Gasteiger partial charge in [0.1, 0.15) is 5.82 Å². The van der Waals surface area contributed by atoms with Crippen LogP contribution in [0.4, 0.5) is 10.1 Å². The van der Waals surface area contributed by atoms with Crippen molar-refractivity contribution in [3.63, 3.8) is 0 Å². The molecule has 0 amide bonds. The van der Waals surface area contributed by atoms with Gasteiger partial charge in [0, 0.05) is 11.3 Å². The molecule has 2 aromatic carbocycles. The van der Waals surface area contributed by atoms with Crippen molar-refractivity contribution in [1.82, 2.24) is 0 Å². The average molecular weight is 310 g/mol. The zero-order valence-electron chi connectivity index (χ0n) is 13.2. The van der Waals surface area contributed by atoms with Crippen LogP contribution in [0.5, 0.6) is 0 Å². The van der Waals surface area contributed by atoms with Crippen molar-refractivity contribution in [1.29, 1.82) is 5.26 Å². The van der Waals surface area contributed by atoms with Crippen molar-refractivity contribution in [2.75, 3.05) is 5.32 Å². The van der Waals surface area contributed by atoms with E-state index < -0.39 is 5.82 Å². The summed E-state index contributed by atoms with van der Waals surface area (Å²) in [5.74, 6) is 0.180. The number of anilines is 1. The monoisotopic (exact) mass is 310 g/mol. The Labute approximate surface area is 135 Å². The Morgan fingerprint density at radius 3 is 2.74 bits per heavy atom. The van der Waals surface area contributed by atoms with Gasteiger partial charge < -0.3 is 11.1 Å². The van der Waals surface area contributed by atoms with E-state index in [1.807, 2.05) is 24.3 Å². The summed E-state index contributed by atoms with van der Waals surface area (Å²) in [5, 5.41) is 11.7. The van der Waals surface area contributed by atoms with Crippen LogP contribution in [-0.2, 0) is 6.54 Å². The molecule has 0 aromatic heterocycles. The summed E-state index contributed by atoms with van der Waals surface area (Å²) in [6.45, 7) is 4.34. The van der Waals surface area contributed by atoms with E-state index in [-0.39, 0.29) is 18.1 Å². The molecule has 0 spiro atoms. The standard InChI is InChI=1S/C18H19FN4/c1-12(2)14-4-3-5-16(9-14)23-18(21)22-11-15-7-6-13(10-20)8-17(15)19/h3-9,12H,11H2,1-2H3,(H3,21,22,23). The Bertz CT molecular complexity index is 760. The topological polar surface area (TPSA) is 74.2 Å². The smallest absolute Gasteiger partial charge is 0.193 e. The Morgan fingerprint density at radius 2 is 2.09 bits per heavy atom. The van der Waals surface area contributed by atoms with Crippen LogP contribution in [-0.4, -0.2) is 5.96 Å². The van der Waals surface area contributed by atoms with E-state index >= 15 is 0 Å². The lowest BCUT2D eigenvalue weighted by atomic mass is 10.0. The normalized spacial score (nSPS) is 11.3. The van der Waals surface area contributed by atoms with Gasteiger partial charge in [0.15, 0.2) is 5.96 Å². The van der Waals surface area contributed by atoms with Crippen molar-refractivity contribution in [3.8, 4) is 6.07 Å². The summed E-state index contributed by atoms with van der Waals surface area (Å²) in [6.07, 6.45) is 0. The molecule has 4 nitrogen and oxygen atoms in total. The number of nitriles is 1. The highest BCUT2D eigenvalue weighted by Gasteiger charge is 2.04. The number of nitrogens with two attached hydrogens (primary N) is 1. The van der Waals surface area contributed by atoms with Gasteiger partial charge in [-0.05, 0) is 35.7 Å². The zero-order chi connectivity index (χ0) is 16.8. The molecule has 2 rings (SSSR count). The molecule has 0 atom stereocenters. The summed E-state index contributed by atoms with van der Waals surface area (Å²) in [5.41, 5.74) is 8.57. The largest absolute Gasteiger partial charge is 0.370 e. The number of aliphatic imine (C=N–C) groups is 1. The molecule has 0 saturated heterocycles. The second-order valence-electron chi connectivity index (χ2n) is 5.52. The summed E-state index contributed by atoms with van der Waals surface area (Å²) >= 11 is 0. The van der Waals surface area contributed by atoms with Gasteiger partial charge >= 0.3 is 0 Å².